The molecule has 0 aliphatic rings. The summed E-state index contributed by atoms with van der Waals surface area (Å²) in [6.45, 7) is 1.64. The molecule has 0 aliphatic carbocycles. The van der Waals surface area contributed by atoms with Gasteiger partial charge in [0.2, 0.25) is 0 Å². The molecule has 1 amide bonds. The Morgan fingerprint density at radius 1 is 1.12 bits per heavy atom. The van der Waals surface area contributed by atoms with Crippen LogP contribution in [0.1, 0.15) is 18.1 Å². The van der Waals surface area contributed by atoms with Gasteiger partial charge < -0.3 is 10.1 Å². The summed E-state index contributed by atoms with van der Waals surface area (Å²) >= 11 is 11.7. The van der Waals surface area contributed by atoms with Gasteiger partial charge in [0.05, 0.1) is 10.0 Å². The number of para-hydroxylation sites is 1. The smallest absolute Gasteiger partial charge is 0.331 e. The van der Waals surface area contributed by atoms with E-state index in [1.54, 1.807) is 18.2 Å². The molecule has 4 nitrogen and oxygen atoms in total. The Balaban J connectivity index is 1.85. The topological polar surface area (TPSA) is 55.4 Å². The molecule has 0 atom stereocenters. The van der Waals surface area contributed by atoms with E-state index in [1.807, 2.05) is 31.2 Å². The minimum absolute atomic E-state index is 0.359. The molecule has 2 aromatic rings. The maximum Gasteiger partial charge on any atom is 0.331 e. The predicted molar refractivity (Wildman–Crippen MR) is 101 cm³/mol. The summed E-state index contributed by atoms with van der Waals surface area (Å²) in [5.74, 6) is -1.01. The Labute approximate surface area is 156 Å². The Morgan fingerprint density at radius 2 is 1.88 bits per heavy atom. The second kappa shape index (κ2) is 9.25. The molecule has 1 N–H and O–H groups in total. The van der Waals surface area contributed by atoms with Crippen molar-refractivity contribution >= 4 is 46.8 Å². The van der Waals surface area contributed by atoms with Crippen molar-refractivity contribution in [3.05, 3.63) is 69.7 Å². The maximum atomic E-state index is 11.9. The lowest BCUT2D eigenvalue weighted by Gasteiger charge is -2.09. The molecule has 0 bridgehead atoms. The fourth-order valence-corrected chi connectivity index (χ4v) is 2.41. The first-order chi connectivity index (χ1) is 12.0. The van der Waals surface area contributed by atoms with Crippen molar-refractivity contribution in [1.82, 2.24) is 0 Å². The molecule has 0 saturated carbocycles. The summed E-state index contributed by atoms with van der Waals surface area (Å²) in [5.41, 5.74) is 2.44. The highest BCUT2D eigenvalue weighted by molar-refractivity contribution is 6.42. The third-order valence-electron chi connectivity index (χ3n) is 3.37. The molecule has 0 aliphatic heterocycles. The second-order valence-corrected chi connectivity index (χ2v) is 5.99. The normalized spacial score (nSPS) is 10.7. The molecule has 130 valence electrons. The standard InChI is InChI=1S/C19H17Cl2NO3/c1-2-14-5-3-4-6-17(14)22-18(23)12-25-19(24)10-8-13-7-9-15(20)16(21)11-13/h3-11H,2,12H2,1H3,(H,22,23). The Bertz CT molecular complexity index is 803. The highest BCUT2D eigenvalue weighted by atomic mass is 35.5. The molecular weight excluding hydrogens is 361 g/mol. The van der Waals surface area contributed by atoms with Gasteiger partial charge in [0.25, 0.3) is 5.91 Å². The Hall–Kier alpha value is -2.30. The van der Waals surface area contributed by atoms with Gasteiger partial charge in [-0.25, -0.2) is 4.79 Å². The van der Waals surface area contributed by atoms with E-state index in [1.165, 1.54) is 12.2 Å². The van der Waals surface area contributed by atoms with Crippen LogP contribution in [0.3, 0.4) is 0 Å². The first-order valence-electron chi connectivity index (χ1n) is 7.67. The summed E-state index contributed by atoms with van der Waals surface area (Å²) in [4.78, 5) is 23.6. The number of carbonyl (C=O) groups excluding carboxylic acids is 2. The van der Waals surface area contributed by atoms with Gasteiger partial charge in [-0.2, -0.15) is 0 Å². The van der Waals surface area contributed by atoms with Crippen molar-refractivity contribution in [2.75, 3.05) is 11.9 Å². The van der Waals surface area contributed by atoms with Gasteiger partial charge in [-0.3, -0.25) is 4.79 Å². The quantitative estimate of drug-likeness (QED) is 0.583. The summed E-state index contributed by atoms with van der Waals surface area (Å²) in [7, 11) is 0. The molecule has 25 heavy (non-hydrogen) atoms. The van der Waals surface area contributed by atoms with Crippen molar-refractivity contribution in [3.8, 4) is 0 Å². The van der Waals surface area contributed by atoms with E-state index >= 15 is 0 Å². The summed E-state index contributed by atoms with van der Waals surface area (Å²) in [5, 5.41) is 3.56. The van der Waals surface area contributed by atoms with Gasteiger partial charge in [-0.15, -0.1) is 0 Å². The number of anilines is 1. The number of rotatable bonds is 6. The maximum absolute atomic E-state index is 11.9. The minimum Gasteiger partial charge on any atom is -0.452 e. The van der Waals surface area contributed by atoms with Crippen molar-refractivity contribution in [3.63, 3.8) is 0 Å². The monoisotopic (exact) mass is 377 g/mol. The zero-order valence-electron chi connectivity index (χ0n) is 13.6. The van der Waals surface area contributed by atoms with Gasteiger partial charge in [-0.05, 0) is 41.8 Å². The number of aryl methyl sites for hydroxylation is 1. The molecule has 2 aromatic carbocycles. The highest BCUT2D eigenvalue weighted by Gasteiger charge is 2.08. The summed E-state index contributed by atoms with van der Waals surface area (Å²) < 4.78 is 4.93. The van der Waals surface area contributed by atoms with E-state index in [0.29, 0.717) is 15.6 Å². The van der Waals surface area contributed by atoms with Crippen LogP contribution in [-0.4, -0.2) is 18.5 Å². The number of ether oxygens (including phenoxy) is 1. The fourth-order valence-electron chi connectivity index (χ4n) is 2.10. The van der Waals surface area contributed by atoms with Gasteiger partial charge in [0.1, 0.15) is 0 Å². The number of halogens is 2. The van der Waals surface area contributed by atoms with Crippen LogP contribution in [0.25, 0.3) is 6.08 Å². The van der Waals surface area contributed by atoms with Crippen molar-refractivity contribution < 1.29 is 14.3 Å². The van der Waals surface area contributed by atoms with Crippen molar-refractivity contribution in [2.24, 2.45) is 0 Å². The van der Waals surface area contributed by atoms with E-state index in [2.05, 4.69) is 5.32 Å². The fraction of sp³-hybridized carbons (Fsp3) is 0.158. The Morgan fingerprint density at radius 3 is 2.60 bits per heavy atom. The van der Waals surface area contributed by atoms with Gasteiger partial charge >= 0.3 is 5.97 Å². The molecule has 0 spiro atoms. The van der Waals surface area contributed by atoms with Crippen LogP contribution < -0.4 is 5.32 Å². The number of esters is 1. The Kier molecular flexibility index (Phi) is 7.04. The van der Waals surface area contributed by atoms with E-state index in [0.717, 1.165) is 17.7 Å². The number of carbonyl (C=O) groups is 2. The minimum atomic E-state index is -0.620. The zero-order chi connectivity index (χ0) is 18.2. The first kappa shape index (κ1) is 19.0. The lowest BCUT2D eigenvalue weighted by molar-refractivity contribution is -0.142. The van der Waals surface area contributed by atoms with Crippen molar-refractivity contribution in [1.29, 1.82) is 0 Å². The SMILES string of the molecule is CCc1ccccc1NC(=O)COC(=O)C=Cc1ccc(Cl)c(Cl)c1. The number of hydrogen-bond donors (Lipinski definition) is 1. The van der Waals surface area contributed by atoms with Crippen LogP contribution in [0.4, 0.5) is 5.69 Å². The highest BCUT2D eigenvalue weighted by Crippen LogP contribution is 2.23. The molecule has 2 rings (SSSR count). The van der Waals surface area contributed by atoms with E-state index < -0.39 is 11.9 Å². The summed E-state index contributed by atoms with van der Waals surface area (Å²) in [6.07, 6.45) is 3.56. The van der Waals surface area contributed by atoms with Crippen LogP contribution in [0.2, 0.25) is 10.0 Å². The molecule has 6 heteroatoms. The molecule has 0 saturated heterocycles. The van der Waals surface area contributed by atoms with Crippen LogP contribution in [-0.2, 0) is 20.7 Å². The van der Waals surface area contributed by atoms with Crippen LogP contribution in [0.15, 0.2) is 48.5 Å². The van der Waals surface area contributed by atoms with Crippen molar-refractivity contribution in [2.45, 2.75) is 13.3 Å². The van der Waals surface area contributed by atoms with Crippen LogP contribution in [0.5, 0.6) is 0 Å². The average Bonchev–Trinajstić information content (AvgIpc) is 2.61. The van der Waals surface area contributed by atoms with Crippen LogP contribution >= 0.6 is 23.2 Å². The van der Waals surface area contributed by atoms with Crippen LogP contribution in [0, 0.1) is 0 Å². The lowest BCUT2D eigenvalue weighted by atomic mass is 10.1. The lowest BCUT2D eigenvalue weighted by Crippen LogP contribution is -2.20. The molecule has 0 heterocycles. The predicted octanol–water partition coefficient (Wildman–Crippen LogP) is 4.75. The summed E-state index contributed by atoms with van der Waals surface area (Å²) in [6, 6.07) is 12.5. The third kappa shape index (κ3) is 5.93. The zero-order valence-corrected chi connectivity index (χ0v) is 15.1. The molecule has 0 fully saturated rings. The molecule has 0 aromatic heterocycles. The number of nitrogens with one attached hydrogen (secondary N) is 1. The second-order valence-electron chi connectivity index (χ2n) is 5.17. The van der Waals surface area contributed by atoms with E-state index in [4.69, 9.17) is 27.9 Å². The van der Waals surface area contributed by atoms with Gasteiger partial charge in [0.15, 0.2) is 6.61 Å². The first-order valence-corrected chi connectivity index (χ1v) is 8.43. The van der Waals surface area contributed by atoms with Gasteiger partial charge in [0, 0.05) is 11.8 Å². The number of benzene rings is 2. The largest absolute Gasteiger partial charge is 0.452 e. The molecule has 0 radical (unpaired) electrons. The molecular formula is C19H17Cl2NO3. The molecule has 0 unspecified atom stereocenters. The third-order valence-corrected chi connectivity index (χ3v) is 4.11. The number of hydrogen-bond acceptors (Lipinski definition) is 3. The average molecular weight is 378 g/mol. The van der Waals surface area contributed by atoms with E-state index in [9.17, 15) is 9.59 Å². The van der Waals surface area contributed by atoms with Gasteiger partial charge in [-0.1, -0.05) is 54.4 Å². The number of amides is 1. The van der Waals surface area contributed by atoms with E-state index in [-0.39, 0.29) is 6.61 Å².